The second-order valence-corrected chi connectivity index (χ2v) is 12.5. The first-order valence-corrected chi connectivity index (χ1v) is 16.8. The number of pyridine rings is 1. The number of aromatic nitrogens is 7. The molecule has 2 aliphatic heterocycles. The number of tetrazole rings is 1. The van der Waals surface area contributed by atoms with Crippen LogP contribution in [0.2, 0.25) is 5.02 Å². The quantitative estimate of drug-likeness (QED) is 0.202. The second-order valence-electron chi connectivity index (χ2n) is 12.1. The zero-order chi connectivity index (χ0) is 36.2. The van der Waals surface area contributed by atoms with E-state index in [1.165, 1.54) is 52.3 Å². The summed E-state index contributed by atoms with van der Waals surface area (Å²) >= 11 is 6.09. The average molecular weight is 727 g/mol. The van der Waals surface area contributed by atoms with Crippen LogP contribution in [0.25, 0.3) is 22.9 Å². The minimum atomic E-state index is -1.16. The minimum Gasteiger partial charge on any atom is -0.478 e. The molecule has 1 atom stereocenters. The molecule has 0 saturated carbocycles. The third-order valence-electron chi connectivity index (χ3n) is 9.01. The third kappa shape index (κ3) is 7.30. The van der Waals surface area contributed by atoms with Crippen LogP contribution < -0.4 is 5.32 Å². The van der Waals surface area contributed by atoms with Crippen LogP contribution in [-0.2, 0) is 27.3 Å². The van der Waals surface area contributed by atoms with Crippen molar-refractivity contribution >= 4 is 41.3 Å². The van der Waals surface area contributed by atoms with Crippen molar-refractivity contribution < 1.29 is 28.6 Å². The van der Waals surface area contributed by atoms with Crippen molar-refractivity contribution in [3.63, 3.8) is 0 Å². The third-order valence-corrected chi connectivity index (χ3v) is 9.30. The van der Waals surface area contributed by atoms with E-state index in [1.807, 2.05) is 23.0 Å². The standard InChI is InChI=1S/C35H32ClFN10O5/c36-28-6-7-29(47-21-39-42-43-47)27(32(28)37)5-9-31(48)46-11-10-25-24(23-19-40-45(20-23)13-12-44-14-16-52-17-15-44)2-1-3-26(25)33(46)34(49)41-30-8-4-22(18-38-30)35(50)51/h1-9,18-21,33H,10-17H2,(H,50,51)(H,38,41,49)/b9-5+. The number of carboxylic acids is 1. The van der Waals surface area contributed by atoms with Gasteiger partial charge in [-0.15, -0.1) is 5.10 Å². The number of carbonyl (C=O) groups excluding carboxylic acids is 2. The SMILES string of the molecule is O=C(O)c1ccc(NC(=O)C2c3cccc(-c4cnn(CCN5CCOCC5)c4)c3CCN2C(=O)/C=C/c2c(-n3cnnn3)ccc(Cl)c2F)nc1. The Hall–Kier alpha value is -5.84. The summed E-state index contributed by atoms with van der Waals surface area (Å²) in [5.74, 6) is -2.97. The summed E-state index contributed by atoms with van der Waals surface area (Å²) in [6, 6.07) is 10.0. The Morgan fingerprint density at radius 3 is 2.65 bits per heavy atom. The van der Waals surface area contributed by atoms with Crippen LogP contribution in [0.4, 0.5) is 10.2 Å². The Kier molecular flexibility index (Phi) is 10.1. The molecule has 17 heteroatoms. The van der Waals surface area contributed by atoms with Crippen LogP contribution >= 0.6 is 11.6 Å². The first-order valence-electron chi connectivity index (χ1n) is 16.4. The summed E-state index contributed by atoms with van der Waals surface area (Å²) in [5.41, 5.74) is 3.39. The highest BCUT2D eigenvalue weighted by Crippen LogP contribution is 2.37. The molecule has 1 saturated heterocycles. The van der Waals surface area contributed by atoms with E-state index in [4.69, 9.17) is 16.3 Å². The number of fused-ring (bicyclic) bond motifs is 1. The zero-order valence-corrected chi connectivity index (χ0v) is 28.4. The van der Waals surface area contributed by atoms with Crippen molar-refractivity contribution in [2.75, 3.05) is 44.7 Å². The fourth-order valence-corrected chi connectivity index (χ4v) is 6.54. The maximum atomic E-state index is 15.3. The van der Waals surface area contributed by atoms with Gasteiger partial charge in [0.05, 0.1) is 42.2 Å². The topological polar surface area (TPSA) is 173 Å². The molecule has 2 N–H and O–H groups in total. The van der Waals surface area contributed by atoms with Gasteiger partial charge in [-0.25, -0.2) is 14.2 Å². The molecule has 1 unspecified atom stereocenters. The Labute approximate surface area is 301 Å². The molecule has 7 rings (SSSR count). The van der Waals surface area contributed by atoms with Crippen molar-refractivity contribution in [1.82, 2.24) is 44.8 Å². The summed E-state index contributed by atoms with van der Waals surface area (Å²) < 4.78 is 23.9. The van der Waals surface area contributed by atoms with Crippen LogP contribution in [0.5, 0.6) is 0 Å². The Bertz CT molecular complexity index is 2130. The normalized spacial score (nSPS) is 16.2. The number of anilines is 1. The van der Waals surface area contributed by atoms with Crippen molar-refractivity contribution in [2.45, 2.75) is 19.0 Å². The van der Waals surface area contributed by atoms with Gasteiger partial charge in [-0.1, -0.05) is 29.8 Å². The maximum Gasteiger partial charge on any atom is 0.337 e. The number of aromatic carboxylic acids is 1. The van der Waals surface area contributed by atoms with E-state index < -0.39 is 29.6 Å². The summed E-state index contributed by atoms with van der Waals surface area (Å²) in [7, 11) is 0. The van der Waals surface area contributed by atoms with Gasteiger partial charge in [-0.05, 0) is 63.9 Å². The van der Waals surface area contributed by atoms with Crippen molar-refractivity contribution in [3.8, 4) is 16.8 Å². The van der Waals surface area contributed by atoms with Crippen LogP contribution in [0.15, 0.2) is 73.5 Å². The molecule has 5 aromatic rings. The van der Waals surface area contributed by atoms with Crippen LogP contribution in [0, 0.1) is 5.82 Å². The summed E-state index contributed by atoms with van der Waals surface area (Å²) in [5, 5.41) is 27.5. The first-order chi connectivity index (χ1) is 25.3. The molecule has 2 amide bonds. The molecule has 0 radical (unpaired) electrons. The number of carbonyl (C=O) groups is 3. The molecule has 0 bridgehead atoms. The number of hydrogen-bond acceptors (Lipinski definition) is 10. The Morgan fingerprint density at radius 1 is 1.06 bits per heavy atom. The molecule has 5 heterocycles. The van der Waals surface area contributed by atoms with E-state index in [-0.39, 0.29) is 34.2 Å². The number of nitrogens with zero attached hydrogens (tertiary/aromatic N) is 9. The van der Waals surface area contributed by atoms with Gasteiger partial charge in [0, 0.05) is 55.8 Å². The molecule has 266 valence electrons. The molecule has 15 nitrogen and oxygen atoms in total. The lowest BCUT2D eigenvalue weighted by Gasteiger charge is -2.36. The summed E-state index contributed by atoms with van der Waals surface area (Å²) in [6.07, 6.45) is 9.05. The molecule has 3 aromatic heterocycles. The molecular weight excluding hydrogens is 695 g/mol. The van der Waals surface area contributed by atoms with Gasteiger partial charge in [0.15, 0.2) is 5.82 Å². The lowest BCUT2D eigenvalue weighted by atomic mass is 9.86. The highest BCUT2D eigenvalue weighted by molar-refractivity contribution is 6.31. The van der Waals surface area contributed by atoms with E-state index in [9.17, 15) is 19.5 Å². The lowest BCUT2D eigenvalue weighted by molar-refractivity contribution is -0.135. The second kappa shape index (κ2) is 15.2. The van der Waals surface area contributed by atoms with E-state index in [0.29, 0.717) is 31.7 Å². The monoisotopic (exact) mass is 726 g/mol. The van der Waals surface area contributed by atoms with E-state index in [0.717, 1.165) is 42.5 Å². The fraction of sp³-hybridized carbons (Fsp3) is 0.257. The minimum absolute atomic E-state index is 0.0257. The molecule has 2 aromatic carbocycles. The number of rotatable bonds is 10. The molecule has 2 aliphatic rings. The molecule has 0 aliphatic carbocycles. The van der Waals surface area contributed by atoms with Crippen molar-refractivity contribution in [1.29, 1.82) is 0 Å². The number of hydrogen-bond donors (Lipinski definition) is 2. The van der Waals surface area contributed by atoms with Gasteiger partial charge in [-0.2, -0.15) is 9.78 Å². The predicted octanol–water partition coefficient (Wildman–Crippen LogP) is 3.52. The first kappa shape index (κ1) is 34.6. The molecule has 1 fully saturated rings. The van der Waals surface area contributed by atoms with Gasteiger partial charge >= 0.3 is 5.97 Å². The number of nitrogens with one attached hydrogen (secondary N) is 1. The number of ether oxygens (including phenoxy) is 1. The highest BCUT2D eigenvalue weighted by atomic mass is 35.5. The Morgan fingerprint density at radius 2 is 1.90 bits per heavy atom. The summed E-state index contributed by atoms with van der Waals surface area (Å²) in [6.45, 7) is 4.87. The number of halogens is 2. The fourth-order valence-electron chi connectivity index (χ4n) is 6.38. The van der Waals surface area contributed by atoms with Crippen LogP contribution in [-0.4, -0.2) is 107 Å². The van der Waals surface area contributed by atoms with E-state index in [1.54, 1.807) is 12.3 Å². The zero-order valence-electron chi connectivity index (χ0n) is 27.6. The number of carboxylic acid groups (broad SMARTS) is 1. The average Bonchev–Trinajstić information content (AvgIpc) is 3.88. The molecule has 0 spiro atoms. The largest absolute Gasteiger partial charge is 0.478 e. The van der Waals surface area contributed by atoms with Crippen molar-refractivity contribution in [2.24, 2.45) is 0 Å². The van der Waals surface area contributed by atoms with Crippen LogP contribution in [0.3, 0.4) is 0 Å². The lowest BCUT2D eigenvalue weighted by Crippen LogP contribution is -2.45. The van der Waals surface area contributed by atoms with E-state index >= 15 is 4.39 Å². The number of benzene rings is 2. The smallest absolute Gasteiger partial charge is 0.337 e. The predicted molar refractivity (Wildman–Crippen MR) is 186 cm³/mol. The maximum absolute atomic E-state index is 15.3. The molecule has 52 heavy (non-hydrogen) atoms. The van der Waals surface area contributed by atoms with Crippen molar-refractivity contribution in [3.05, 3.63) is 107 Å². The Balaban J connectivity index is 1.20. The van der Waals surface area contributed by atoms with Gasteiger partial charge < -0.3 is 20.1 Å². The molecular formula is C35H32ClFN10O5. The van der Waals surface area contributed by atoms with Gasteiger partial charge in [0.1, 0.15) is 18.2 Å². The van der Waals surface area contributed by atoms with Crippen LogP contribution in [0.1, 0.15) is 33.1 Å². The number of amides is 2. The van der Waals surface area contributed by atoms with Gasteiger partial charge in [0.25, 0.3) is 5.91 Å². The highest BCUT2D eigenvalue weighted by Gasteiger charge is 2.37. The van der Waals surface area contributed by atoms with Gasteiger partial charge in [0.2, 0.25) is 5.91 Å². The van der Waals surface area contributed by atoms with Gasteiger partial charge in [-0.3, -0.25) is 19.2 Å². The summed E-state index contributed by atoms with van der Waals surface area (Å²) in [4.78, 5) is 47.3. The van der Waals surface area contributed by atoms with E-state index in [2.05, 4.69) is 35.8 Å². The number of morpholine rings is 1.